The number of benzene rings is 1. The highest BCUT2D eigenvalue weighted by molar-refractivity contribution is 6.03. The van der Waals surface area contributed by atoms with Crippen LogP contribution in [0.15, 0.2) is 48.8 Å². The predicted molar refractivity (Wildman–Crippen MR) is 80.5 cm³/mol. The maximum atomic E-state index is 11.7. The number of aryl methyl sites for hydroxylation is 1. The van der Waals surface area contributed by atoms with E-state index in [9.17, 15) is 9.59 Å². The number of nitrogens with one attached hydrogen (secondary N) is 2. The van der Waals surface area contributed by atoms with E-state index in [-0.39, 0.29) is 18.2 Å². The second-order valence-electron chi connectivity index (χ2n) is 4.72. The van der Waals surface area contributed by atoms with Crippen LogP contribution in [0.4, 0.5) is 5.69 Å². The quantitative estimate of drug-likeness (QED) is 0.825. The maximum absolute atomic E-state index is 11.7. The molecule has 0 aliphatic heterocycles. The molecule has 0 bridgehead atoms. The largest absolute Gasteiger partial charge is 0.352 e. The van der Waals surface area contributed by atoms with E-state index in [2.05, 4.69) is 15.6 Å². The van der Waals surface area contributed by atoms with Crippen LogP contribution in [-0.4, -0.2) is 16.8 Å². The Hall–Kier alpha value is -2.69. The second-order valence-corrected chi connectivity index (χ2v) is 4.72. The van der Waals surface area contributed by atoms with Crippen molar-refractivity contribution in [2.24, 2.45) is 0 Å². The van der Waals surface area contributed by atoms with Crippen molar-refractivity contribution in [3.8, 4) is 0 Å². The van der Waals surface area contributed by atoms with Gasteiger partial charge in [-0.3, -0.25) is 14.6 Å². The first-order valence-corrected chi connectivity index (χ1v) is 6.65. The number of aromatic nitrogens is 1. The van der Waals surface area contributed by atoms with Crippen molar-refractivity contribution in [1.29, 1.82) is 0 Å². The molecule has 1 aromatic heterocycles. The Morgan fingerprint density at radius 1 is 1.00 bits per heavy atom. The summed E-state index contributed by atoms with van der Waals surface area (Å²) in [6.07, 6.45) is 3.12. The number of nitrogens with zero attached hydrogens (tertiary/aromatic N) is 1. The first kappa shape index (κ1) is 14.7. The van der Waals surface area contributed by atoms with E-state index >= 15 is 0 Å². The van der Waals surface area contributed by atoms with Gasteiger partial charge in [0.15, 0.2) is 0 Å². The SMILES string of the molecule is Cc1ccc(NC(=O)CC(=O)NCc2ccncc2)cc1. The van der Waals surface area contributed by atoms with Crippen LogP contribution >= 0.6 is 0 Å². The highest BCUT2D eigenvalue weighted by Gasteiger charge is 2.09. The Bertz CT molecular complexity index is 609. The smallest absolute Gasteiger partial charge is 0.233 e. The van der Waals surface area contributed by atoms with E-state index in [1.165, 1.54) is 0 Å². The average Bonchev–Trinajstić information content (AvgIpc) is 2.48. The number of carbonyl (C=O) groups is 2. The zero-order valence-electron chi connectivity index (χ0n) is 11.8. The number of hydrogen-bond donors (Lipinski definition) is 2. The minimum absolute atomic E-state index is 0.195. The number of anilines is 1. The van der Waals surface area contributed by atoms with Crippen LogP contribution in [0.1, 0.15) is 17.5 Å². The Kier molecular flexibility index (Phi) is 5.04. The van der Waals surface area contributed by atoms with Crippen molar-refractivity contribution in [3.05, 3.63) is 59.9 Å². The lowest BCUT2D eigenvalue weighted by atomic mass is 10.2. The van der Waals surface area contributed by atoms with Crippen molar-refractivity contribution in [2.75, 3.05) is 5.32 Å². The predicted octanol–water partition coefficient (Wildman–Crippen LogP) is 2.04. The molecular weight excluding hydrogens is 266 g/mol. The first-order chi connectivity index (χ1) is 10.1. The third-order valence-corrected chi connectivity index (χ3v) is 2.90. The summed E-state index contributed by atoms with van der Waals surface area (Å²) in [7, 11) is 0. The monoisotopic (exact) mass is 283 g/mol. The van der Waals surface area contributed by atoms with Crippen LogP contribution in [0.2, 0.25) is 0 Å². The molecule has 0 radical (unpaired) electrons. The standard InChI is InChI=1S/C16H17N3O2/c1-12-2-4-14(5-3-12)19-16(21)10-15(20)18-11-13-6-8-17-9-7-13/h2-9H,10-11H2,1H3,(H,18,20)(H,19,21). The van der Waals surface area contributed by atoms with Crippen molar-refractivity contribution in [2.45, 2.75) is 19.9 Å². The molecule has 0 aliphatic carbocycles. The summed E-state index contributed by atoms with van der Waals surface area (Å²) in [6, 6.07) is 11.0. The molecule has 0 aliphatic rings. The number of pyridine rings is 1. The molecule has 0 fully saturated rings. The summed E-state index contributed by atoms with van der Waals surface area (Å²) in [5.41, 5.74) is 2.74. The Balaban J connectivity index is 1.77. The van der Waals surface area contributed by atoms with Crippen LogP contribution in [-0.2, 0) is 16.1 Å². The van der Waals surface area contributed by atoms with Crippen LogP contribution in [0.25, 0.3) is 0 Å². The van der Waals surface area contributed by atoms with Gasteiger partial charge < -0.3 is 10.6 Å². The minimum atomic E-state index is -0.328. The van der Waals surface area contributed by atoms with E-state index in [4.69, 9.17) is 0 Å². The summed E-state index contributed by atoms with van der Waals surface area (Å²) in [5, 5.41) is 5.39. The lowest BCUT2D eigenvalue weighted by Crippen LogP contribution is -2.27. The number of carbonyl (C=O) groups excluding carboxylic acids is 2. The first-order valence-electron chi connectivity index (χ1n) is 6.65. The third-order valence-electron chi connectivity index (χ3n) is 2.90. The van der Waals surface area contributed by atoms with Gasteiger partial charge in [-0.1, -0.05) is 17.7 Å². The van der Waals surface area contributed by atoms with Gasteiger partial charge >= 0.3 is 0 Å². The zero-order valence-corrected chi connectivity index (χ0v) is 11.8. The van der Waals surface area contributed by atoms with Gasteiger partial charge in [0.2, 0.25) is 11.8 Å². The van der Waals surface area contributed by atoms with Gasteiger partial charge in [-0.05, 0) is 36.8 Å². The lowest BCUT2D eigenvalue weighted by Gasteiger charge is -2.07. The Morgan fingerprint density at radius 2 is 1.67 bits per heavy atom. The number of amides is 2. The molecule has 2 N–H and O–H groups in total. The van der Waals surface area contributed by atoms with Gasteiger partial charge in [-0.25, -0.2) is 0 Å². The zero-order chi connectivity index (χ0) is 15.1. The van der Waals surface area contributed by atoms with E-state index in [1.807, 2.05) is 43.3 Å². The maximum Gasteiger partial charge on any atom is 0.233 e. The highest BCUT2D eigenvalue weighted by atomic mass is 16.2. The van der Waals surface area contributed by atoms with Crippen molar-refractivity contribution >= 4 is 17.5 Å². The highest BCUT2D eigenvalue weighted by Crippen LogP contribution is 2.08. The van der Waals surface area contributed by atoms with Crippen LogP contribution in [0, 0.1) is 6.92 Å². The normalized spacial score (nSPS) is 9.95. The van der Waals surface area contributed by atoms with Gasteiger partial charge in [0, 0.05) is 24.6 Å². The van der Waals surface area contributed by atoms with Gasteiger partial charge in [-0.2, -0.15) is 0 Å². The summed E-state index contributed by atoms with van der Waals surface area (Å²) >= 11 is 0. The summed E-state index contributed by atoms with van der Waals surface area (Å²) < 4.78 is 0. The molecule has 0 saturated heterocycles. The lowest BCUT2D eigenvalue weighted by molar-refractivity contribution is -0.126. The fourth-order valence-electron chi connectivity index (χ4n) is 1.75. The molecule has 5 heteroatoms. The summed E-state index contributed by atoms with van der Waals surface area (Å²) in [4.78, 5) is 27.3. The Morgan fingerprint density at radius 3 is 2.33 bits per heavy atom. The molecule has 2 amide bonds. The van der Waals surface area contributed by atoms with E-state index in [0.717, 1.165) is 11.1 Å². The number of rotatable bonds is 5. The van der Waals surface area contributed by atoms with E-state index in [0.29, 0.717) is 12.2 Å². The Labute approximate surface area is 123 Å². The van der Waals surface area contributed by atoms with Crippen LogP contribution in [0.5, 0.6) is 0 Å². The van der Waals surface area contributed by atoms with E-state index in [1.54, 1.807) is 12.4 Å². The van der Waals surface area contributed by atoms with Crippen molar-refractivity contribution < 1.29 is 9.59 Å². The molecule has 0 saturated carbocycles. The van der Waals surface area contributed by atoms with Crippen molar-refractivity contribution in [3.63, 3.8) is 0 Å². The molecule has 0 unspecified atom stereocenters. The summed E-state index contributed by atoms with van der Waals surface area (Å²) in [6.45, 7) is 2.36. The molecule has 108 valence electrons. The fraction of sp³-hybridized carbons (Fsp3) is 0.188. The molecule has 2 rings (SSSR count). The fourth-order valence-corrected chi connectivity index (χ4v) is 1.75. The molecular formula is C16H17N3O2. The van der Waals surface area contributed by atoms with Crippen LogP contribution in [0.3, 0.4) is 0 Å². The van der Waals surface area contributed by atoms with Gasteiger partial charge in [-0.15, -0.1) is 0 Å². The van der Waals surface area contributed by atoms with Gasteiger partial charge in [0.05, 0.1) is 0 Å². The molecule has 0 atom stereocenters. The van der Waals surface area contributed by atoms with Gasteiger partial charge in [0.25, 0.3) is 0 Å². The summed E-state index contributed by atoms with van der Waals surface area (Å²) in [5.74, 6) is -0.637. The second kappa shape index (κ2) is 7.19. The topological polar surface area (TPSA) is 71.1 Å². The molecule has 1 aromatic carbocycles. The van der Waals surface area contributed by atoms with E-state index < -0.39 is 0 Å². The molecule has 21 heavy (non-hydrogen) atoms. The third kappa shape index (κ3) is 5.06. The average molecular weight is 283 g/mol. The molecule has 1 heterocycles. The van der Waals surface area contributed by atoms with Crippen LogP contribution < -0.4 is 10.6 Å². The number of hydrogen-bond acceptors (Lipinski definition) is 3. The van der Waals surface area contributed by atoms with Crippen molar-refractivity contribution in [1.82, 2.24) is 10.3 Å². The minimum Gasteiger partial charge on any atom is -0.352 e. The van der Waals surface area contributed by atoms with Gasteiger partial charge in [0.1, 0.15) is 6.42 Å². The molecule has 2 aromatic rings. The molecule has 5 nitrogen and oxygen atoms in total. The molecule has 0 spiro atoms.